The maximum Gasteiger partial charge on any atom is 0.274 e. The molecule has 134 valence electrons. The summed E-state index contributed by atoms with van der Waals surface area (Å²) in [4.78, 5) is 19.1. The Kier molecular flexibility index (Phi) is 4.83. The zero-order valence-corrected chi connectivity index (χ0v) is 16.0. The van der Waals surface area contributed by atoms with Crippen molar-refractivity contribution in [1.29, 1.82) is 0 Å². The molecule has 4 rings (SSSR count). The average Bonchev–Trinajstić information content (AvgIpc) is 3.06. The first-order valence-corrected chi connectivity index (χ1v) is 9.87. The number of para-hydroxylation sites is 1. The van der Waals surface area contributed by atoms with Crippen molar-refractivity contribution < 1.29 is 9.53 Å². The standard InChI is InChI=1S/C20H19ClN2O2S/c1-13-3-2-4-17-18(13)22-20(26-17)25-16-9-11-23(12-10-16)19(24)14-5-7-15(21)8-6-14/h2-8,16H,9-12H2,1H3. The fraction of sp³-hybridized carbons (Fsp3) is 0.300. The molecule has 0 N–H and O–H groups in total. The molecule has 2 aromatic carbocycles. The summed E-state index contributed by atoms with van der Waals surface area (Å²) in [6, 6.07) is 13.2. The molecule has 1 fully saturated rings. The number of hydrogen-bond acceptors (Lipinski definition) is 4. The van der Waals surface area contributed by atoms with Crippen LogP contribution in [0, 0.1) is 6.92 Å². The van der Waals surface area contributed by atoms with E-state index in [1.54, 1.807) is 35.6 Å². The number of rotatable bonds is 3. The minimum atomic E-state index is 0.0516. The molecule has 0 bridgehead atoms. The number of fused-ring (bicyclic) bond motifs is 1. The van der Waals surface area contributed by atoms with Gasteiger partial charge in [0.05, 0.1) is 10.2 Å². The lowest BCUT2D eigenvalue weighted by molar-refractivity contribution is 0.0595. The van der Waals surface area contributed by atoms with Gasteiger partial charge in [-0.15, -0.1) is 0 Å². The van der Waals surface area contributed by atoms with Crippen LogP contribution in [0.5, 0.6) is 5.19 Å². The highest BCUT2D eigenvalue weighted by Gasteiger charge is 2.25. The molecule has 2 heterocycles. The maximum atomic E-state index is 12.6. The molecule has 0 saturated carbocycles. The number of carbonyl (C=O) groups is 1. The van der Waals surface area contributed by atoms with E-state index in [2.05, 4.69) is 24.0 Å². The Morgan fingerprint density at radius 3 is 2.62 bits per heavy atom. The normalized spacial score (nSPS) is 15.4. The second-order valence-electron chi connectivity index (χ2n) is 6.52. The van der Waals surface area contributed by atoms with Gasteiger partial charge in [-0.05, 0) is 42.8 Å². The van der Waals surface area contributed by atoms with Gasteiger partial charge in [0.15, 0.2) is 0 Å². The number of carbonyl (C=O) groups excluding carboxylic acids is 1. The van der Waals surface area contributed by atoms with Crippen molar-refractivity contribution in [3.05, 3.63) is 58.6 Å². The van der Waals surface area contributed by atoms with E-state index in [4.69, 9.17) is 16.3 Å². The highest BCUT2D eigenvalue weighted by atomic mass is 35.5. The lowest BCUT2D eigenvalue weighted by Gasteiger charge is -2.31. The van der Waals surface area contributed by atoms with Crippen LogP contribution in [-0.4, -0.2) is 35.0 Å². The first kappa shape index (κ1) is 17.3. The zero-order valence-electron chi connectivity index (χ0n) is 14.4. The topological polar surface area (TPSA) is 42.4 Å². The van der Waals surface area contributed by atoms with Crippen LogP contribution >= 0.6 is 22.9 Å². The second kappa shape index (κ2) is 7.25. The fourth-order valence-corrected chi connectivity index (χ4v) is 4.30. The Morgan fingerprint density at radius 2 is 1.92 bits per heavy atom. The van der Waals surface area contributed by atoms with Gasteiger partial charge in [0.1, 0.15) is 6.10 Å². The summed E-state index contributed by atoms with van der Waals surface area (Å²) in [7, 11) is 0. The number of amides is 1. The van der Waals surface area contributed by atoms with Crippen molar-refractivity contribution in [2.45, 2.75) is 25.9 Å². The third kappa shape index (κ3) is 3.55. The van der Waals surface area contributed by atoms with Crippen molar-refractivity contribution in [2.24, 2.45) is 0 Å². The van der Waals surface area contributed by atoms with Crippen molar-refractivity contribution in [2.75, 3.05) is 13.1 Å². The van der Waals surface area contributed by atoms with Gasteiger partial charge >= 0.3 is 0 Å². The van der Waals surface area contributed by atoms with Crippen LogP contribution in [0.2, 0.25) is 5.02 Å². The van der Waals surface area contributed by atoms with Gasteiger partial charge < -0.3 is 9.64 Å². The second-order valence-corrected chi connectivity index (χ2v) is 7.95. The fourth-order valence-electron chi connectivity index (χ4n) is 3.21. The molecule has 1 amide bonds. The summed E-state index contributed by atoms with van der Waals surface area (Å²) in [6.45, 7) is 3.44. The summed E-state index contributed by atoms with van der Waals surface area (Å²) < 4.78 is 7.25. The van der Waals surface area contributed by atoms with Gasteiger partial charge in [0.25, 0.3) is 11.1 Å². The van der Waals surface area contributed by atoms with E-state index in [0.29, 0.717) is 23.7 Å². The Morgan fingerprint density at radius 1 is 1.19 bits per heavy atom. The molecule has 0 atom stereocenters. The highest BCUT2D eigenvalue weighted by Crippen LogP contribution is 2.31. The Balaban J connectivity index is 1.37. The number of thiazole rings is 1. The van der Waals surface area contributed by atoms with Gasteiger partial charge in [0.2, 0.25) is 0 Å². The molecule has 0 unspecified atom stereocenters. The lowest BCUT2D eigenvalue weighted by atomic mass is 10.1. The first-order chi connectivity index (χ1) is 12.6. The van der Waals surface area contributed by atoms with Gasteiger partial charge in [-0.3, -0.25) is 4.79 Å². The molecule has 6 heteroatoms. The lowest BCUT2D eigenvalue weighted by Crippen LogP contribution is -2.41. The van der Waals surface area contributed by atoms with E-state index in [-0.39, 0.29) is 12.0 Å². The summed E-state index contributed by atoms with van der Waals surface area (Å²) >= 11 is 7.47. The van der Waals surface area contributed by atoms with E-state index >= 15 is 0 Å². The Hall–Kier alpha value is -2.11. The van der Waals surface area contributed by atoms with Gasteiger partial charge in [0, 0.05) is 36.5 Å². The number of aromatic nitrogens is 1. The molecular formula is C20H19ClN2O2S. The van der Waals surface area contributed by atoms with Gasteiger partial charge in [-0.25, -0.2) is 4.98 Å². The van der Waals surface area contributed by atoms with E-state index in [9.17, 15) is 4.79 Å². The third-order valence-electron chi connectivity index (χ3n) is 4.69. The average molecular weight is 387 g/mol. The molecule has 1 aliphatic heterocycles. The number of benzene rings is 2. The first-order valence-electron chi connectivity index (χ1n) is 8.68. The number of nitrogens with zero attached hydrogens (tertiary/aromatic N) is 2. The summed E-state index contributed by atoms with van der Waals surface area (Å²) in [5.41, 5.74) is 2.86. The SMILES string of the molecule is Cc1cccc2sc(OC3CCN(C(=O)c4ccc(Cl)cc4)CC3)nc12. The quantitative estimate of drug-likeness (QED) is 0.640. The minimum absolute atomic E-state index is 0.0516. The van der Waals surface area contributed by atoms with Crippen LogP contribution in [0.25, 0.3) is 10.2 Å². The Labute approximate surface area is 161 Å². The predicted octanol–water partition coefficient (Wildman–Crippen LogP) is 4.94. The molecule has 26 heavy (non-hydrogen) atoms. The molecule has 4 nitrogen and oxygen atoms in total. The molecule has 1 saturated heterocycles. The number of halogens is 1. The molecule has 1 aliphatic rings. The summed E-state index contributed by atoms with van der Waals surface area (Å²) in [6.07, 6.45) is 1.73. The molecule has 3 aromatic rings. The van der Waals surface area contributed by atoms with Crippen LogP contribution < -0.4 is 4.74 Å². The van der Waals surface area contributed by atoms with Crippen LogP contribution in [0.4, 0.5) is 0 Å². The van der Waals surface area contributed by atoms with Crippen LogP contribution in [-0.2, 0) is 0 Å². The van der Waals surface area contributed by atoms with E-state index in [0.717, 1.165) is 33.8 Å². The molecule has 1 aromatic heterocycles. The molecule has 0 aliphatic carbocycles. The van der Waals surface area contributed by atoms with Gasteiger partial charge in [-0.1, -0.05) is 35.1 Å². The summed E-state index contributed by atoms with van der Waals surface area (Å²) in [5, 5.41) is 1.36. The third-order valence-corrected chi connectivity index (χ3v) is 5.85. The maximum absolute atomic E-state index is 12.6. The predicted molar refractivity (Wildman–Crippen MR) is 105 cm³/mol. The summed E-state index contributed by atoms with van der Waals surface area (Å²) in [5.74, 6) is 0.0516. The number of likely N-dealkylation sites (tertiary alicyclic amines) is 1. The van der Waals surface area contributed by atoms with Crippen LogP contribution in [0.15, 0.2) is 42.5 Å². The minimum Gasteiger partial charge on any atom is -0.467 e. The van der Waals surface area contributed by atoms with Crippen molar-refractivity contribution in [1.82, 2.24) is 9.88 Å². The van der Waals surface area contributed by atoms with Crippen molar-refractivity contribution in [3.63, 3.8) is 0 Å². The smallest absolute Gasteiger partial charge is 0.274 e. The number of piperidine rings is 1. The monoisotopic (exact) mass is 386 g/mol. The number of ether oxygens (including phenoxy) is 1. The molecular weight excluding hydrogens is 368 g/mol. The van der Waals surface area contributed by atoms with E-state index in [1.165, 1.54) is 0 Å². The number of aryl methyl sites for hydroxylation is 1. The van der Waals surface area contributed by atoms with Crippen LogP contribution in [0.1, 0.15) is 28.8 Å². The molecule has 0 spiro atoms. The van der Waals surface area contributed by atoms with E-state index < -0.39 is 0 Å². The largest absolute Gasteiger partial charge is 0.467 e. The number of hydrogen-bond donors (Lipinski definition) is 0. The Bertz CT molecular complexity index is 931. The van der Waals surface area contributed by atoms with E-state index in [1.807, 2.05) is 11.0 Å². The highest BCUT2D eigenvalue weighted by molar-refractivity contribution is 7.20. The molecule has 0 radical (unpaired) electrons. The van der Waals surface area contributed by atoms with Crippen molar-refractivity contribution in [3.8, 4) is 5.19 Å². The zero-order chi connectivity index (χ0) is 18.1. The van der Waals surface area contributed by atoms with Crippen molar-refractivity contribution >= 4 is 39.1 Å². The van der Waals surface area contributed by atoms with Crippen LogP contribution in [0.3, 0.4) is 0 Å². The van der Waals surface area contributed by atoms with Gasteiger partial charge in [-0.2, -0.15) is 0 Å².